The summed E-state index contributed by atoms with van der Waals surface area (Å²) in [6.07, 6.45) is 0.276. The van der Waals surface area contributed by atoms with Crippen LogP contribution in [0.4, 0.5) is 0 Å². The Morgan fingerprint density at radius 2 is 1.63 bits per heavy atom. The van der Waals surface area contributed by atoms with Crippen molar-refractivity contribution in [1.82, 2.24) is 10.6 Å². The average molecular weight is 501 g/mol. The summed E-state index contributed by atoms with van der Waals surface area (Å²) in [4.78, 5) is 25.4. The molecule has 0 aliphatic carbocycles. The number of hydrogen-bond donors (Lipinski definition) is 2. The molecule has 1 saturated heterocycles. The van der Waals surface area contributed by atoms with Gasteiger partial charge in [-0.1, -0.05) is 35.9 Å². The summed E-state index contributed by atoms with van der Waals surface area (Å²) in [6, 6.07) is 11.7. The molecule has 7 nitrogen and oxygen atoms in total. The van der Waals surface area contributed by atoms with Crippen molar-refractivity contribution in [2.24, 2.45) is 0 Å². The summed E-state index contributed by atoms with van der Waals surface area (Å²) in [6.45, 7) is 11.8. The predicted molar refractivity (Wildman–Crippen MR) is 138 cm³/mol. The summed E-state index contributed by atoms with van der Waals surface area (Å²) >= 11 is 6.27. The van der Waals surface area contributed by atoms with E-state index in [1.807, 2.05) is 65.8 Å². The Kier molecular flexibility index (Phi) is 8.19. The van der Waals surface area contributed by atoms with E-state index in [0.29, 0.717) is 22.8 Å². The molecule has 0 unspecified atom stereocenters. The minimum atomic E-state index is -0.763. The molecule has 188 valence electrons. The van der Waals surface area contributed by atoms with Crippen LogP contribution in [0.25, 0.3) is 0 Å². The fraction of sp³-hybridized carbons (Fsp3) is 0.462. The van der Waals surface area contributed by atoms with E-state index in [0.717, 1.165) is 11.0 Å². The van der Waals surface area contributed by atoms with Crippen molar-refractivity contribution in [3.63, 3.8) is 0 Å². The number of hydrogen-bond acceptors (Lipinski definition) is 5. The molecule has 2 aromatic carbocycles. The lowest BCUT2D eigenvalue weighted by atomic mass is 9.78. The Labute approximate surface area is 213 Å². The van der Waals surface area contributed by atoms with E-state index in [1.54, 1.807) is 12.1 Å². The zero-order valence-corrected chi connectivity index (χ0v) is 22.2. The lowest BCUT2D eigenvalue weighted by molar-refractivity contribution is -0.122. The number of halogens is 1. The molecule has 1 fully saturated rings. The normalized spacial score (nSPS) is 17.2. The number of rotatable bonds is 8. The third-order valence-electron chi connectivity index (χ3n) is 6.37. The van der Waals surface area contributed by atoms with Gasteiger partial charge in [0.2, 0.25) is 5.91 Å². The fourth-order valence-corrected chi connectivity index (χ4v) is 3.87. The van der Waals surface area contributed by atoms with Crippen LogP contribution in [0.15, 0.2) is 42.5 Å². The molecule has 1 aliphatic rings. The standard InChI is InChI=1S/C26H34BClN2O5/c1-16(2)33-22-13-10-18(15-20(22)28)23(31)30-21(24(32)29-7)14-17-8-11-19(12-9-17)27-34-25(3,4)26(5,6)35-27/h8-13,15-16,21H,14H2,1-7H3,(H,29,32)(H,30,31)/t21-/m0/s1. The van der Waals surface area contributed by atoms with E-state index in [9.17, 15) is 9.59 Å². The molecule has 1 atom stereocenters. The summed E-state index contributed by atoms with van der Waals surface area (Å²) in [5, 5.41) is 5.76. The van der Waals surface area contributed by atoms with Gasteiger partial charge in [-0.3, -0.25) is 9.59 Å². The molecule has 1 heterocycles. The van der Waals surface area contributed by atoms with Crippen molar-refractivity contribution in [1.29, 1.82) is 0 Å². The van der Waals surface area contributed by atoms with Gasteiger partial charge in [-0.25, -0.2) is 0 Å². The monoisotopic (exact) mass is 500 g/mol. The van der Waals surface area contributed by atoms with E-state index < -0.39 is 30.3 Å². The number of ether oxygens (including phenoxy) is 1. The van der Waals surface area contributed by atoms with Crippen LogP contribution in [-0.2, 0) is 20.5 Å². The minimum Gasteiger partial charge on any atom is -0.489 e. The number of amides is 2. The topological polar surface area (TPSA) is 85.9 Å². The van der Waals surface area contributed by atoms with Gasteiger partial charge in [0.15, 0.2) is 0 Å². The largest absolute Gasteiger partial charge is 0.494 e. The Hall–Kier alpha value is -2.55. The van der Waals surface area contributed by atoms with E-state index >= 15 is 0 Å². The molecule has 0 aromatic heterocycles. The van der Waals surface area contributed by atoms with E-state index in [2.05, 4.69) is 10.6 Å². The summed E-state index contributed by atoms with van der Waals surface area (Å²) in [5.74, 6) is -0.187. The maximum atomic E-state index is 12.9. The lowest BCUT2D eigenvalue weighted by Crippen LogP contribution is -2.47. The van der Waals surface area contributed by atoms with Crippen LogP contribution < -0.4 is 20.8 Å². The highest BCUT2D eigenvalue weighted by atomic mass is 35.5. The first-order valence-corrected chi connectivity index (χ1v) is 12.1. The molecule has 2 aromatic rings. The molecule has 2 amide bonds. The zero-order valence-electron chi connectivity index (χ0n) is 21.4. The smallest absolute Gasteiger partial charge is 0.489 e. The van der Waals surface area contributed by atoms with Gasteiger partial charge in [-0.05, 0) is 70.8 Å². The van der Waals surface area contributed by atoms with E-state index in [-0.39, 0.29) is 12.0 Å². The molecule has 2 N–H and O–H groups in total. The minimum absolute atomic E-state index is 0.0408. The lowest BCUT2D eigenvalue weighted by Gasteiger charge is -2.32. The van der Waals surface area contributed by atoms with Gasteiger partial charge in [0.1, 0.15) is 11.8 Å². The second-order valence-corrected chi connectivity index (χ2v) is 10.4. The first kappa shape index (κ1) is 27.0. The highest BCUT2D eigenvalue weighted by Crippen LogP contribution is 2.36. The van der Waals surface area contributed by atoms with Crippen molar-refractivity contribution < 1.29 is 23.6 Å². The first-order valence-electron chi connectivity index (χ1n) is 11.8. The van der Waals surface area contributed by atoms with Gasteiger partial charge in [0, 0.05) is 19.0 Å². The molecule has 0 spiro atoms. The summed E-state index contributed by atoms with van der Waals surface area (Å²) in [5.41, 5.74) is 1.28. The van der Waals surface area contributed by atoms with Crippen molar-refractivity contribution in [2.45, 2.75) is 71.3 Å². The molecule has 1 aliphatic heterocycles. The van der Waals surface area contributed by atoms with E-state index in [1.165, 1.54) is 13.1 Å². The van der Waals surface area contributed by atoms with Crippen molar-refractivity contribution in [2.75, 3.05) is 7.05 Å². The summed E-state index contributed by atoms with van der Waals surface area (Å²) < 4.78 is 17.8. The van der Waals surface area contributed by atoms with Crippen LogP contribution >= 0.6 is 11.6 Å². The second-order valence-electron chi connectivity index (χ2n) is 9.99. The van der Waals surface area contributed by atoms with Crippen LogP contribution in [0.2, 0.25) is 5.02 Å². The van der Waals surface area contributed by atoms with Gasteiger partial charge in [-0.2, -0.15) is 0 Å². The van der Waals surface area contributed by atoms with Crippen molar-refractivity contribution in [3.8, 4) is 5.75 Å². The molecular formula is C26H34BClN2O5. The Bertz CT molecular complexity index is 1060. The molecule has 35 heavy (non-hydrogen) atoms. The Balaban J connectivity index is 1.70. The van der Waals surface area contributed by atoms with Crippen molar-refractivity contribution in [3.05, 3.63) is 58.6 Å². The van der Waals surface area contributed by atoms with E-state index in [4.69, 9.17) is 25.6 Å². The molecule has 3 rings (SSSR count). The third kappa shape index (κ3) is 6.37. The fourth-order valence-electron chi connectivity index (χ4n) is 3.64. The van der Waals surface area contributed by atoms with Crippen LogP contribution in [-0.4, -0.2) is 49.3 Å². The third-order valence-corrected chi connectivity index (χ3v) is 6.67. The number of carbonyl (C=O) groups is 2. The highest BCUT2D eigenvalue weighted by molar-refractivity contribution is 6.62. The average Bonchev–Trinajstić information content (AvgIpc) is 3.01. The molecule has 0 saturated carbocycles. The van der Waals surface area contributed by atoms with Crippen LogP contribution in [0, 0.1) is 0 Å². The van der Waals surface area contributed by atoms with Gasteiger partial charge in [0.25, 0.3) is 5.91 Å². The zero-order chi connectivity index (χ0) is 26.0. The molecular weight excluding hydrogens is 467 g/mol. The first-order chi connectivity index (χ1) is 16.3. The van der Waals surface area contributed by atoms with Gasteiger partial charge < -0.3 is 24.7 Å². The maximum absolute atomic E-state index is 12.9. The van der Waals surface area contributed by atoms with Crippen LogP contribution in [0.5, 0.6) is 5.75 Å². The van der Waals surface area contributed by atoms with Crippen LogP contribution in [0.1, 0.15) is 57.5 Å². The maximum Gasteiger partial charge on any atom is 0.494 e. The summed E-state index contributed by atoms with van der Waals surface area (Å²) in [7, 11) is 1.08. The van der Waals surface area contributed by atoms with Gasteiger partial charge in [0.05, 0.1) is 22.3 Å². The molecule has 0 bridgehead atoms. The van der Waals surface area contributed by atoms with Gasteiger partial charge >= 0.3 is 7.12 Å². The Morgan fingerprint density at radius 3 is 2.14 bits per heavy atom. The van der Waals surface area contributed by atoms with Gasteiger partial charge in [-0.15, -0.1) is 0 Å². The quantitative estimate of drug-likeness (QED) is 0.542. The predicted octanol–water partition coefficient (Wildman–Crippen LogP) is 3.51. The number of carbonyl (C=O) groups excluding carboxylic acids is 2. The second kappa shape index (κ2) is 10.6. The van der Waals surface area contributed by atoms with Crippen LogP contribution in [0.3, 0.4) is 0 Å². The number of likely N-dealkylation sites (N-methyl/N-ethyl adjacent to an activating group) is 1. The SMILES string of the molecule is CNC(=O)[C@H](Cc1ccc(B2OC(C)(C)C(C)(C)O2)cc1)NC(=O)c1ccc(OC(C)C)c(Cl)c1. The molecule has 9 heteroatoms. The highest BCUT2D eigenvalue weighted by Gasteiger charge is 2.51. The molecule has 0 radical (unpaired) electrons. The number of nitrogens with one attached hydrogen (secondary N) is 2. The van der Waals surface area contributed by atoms with Crippen molar-refractivity contribution >= 4 is 36.0 Å². The number of benzene rings is 2. The Morgan fingerprint density at radius 1 is 1.03 bits per heavy atom.